The van der Waals surface area contributed by atoms with Crippen molar-refractivity contribution in [1.29, 1.82) is 0 Å². The minimum Gasteiger partial charge on any atom is -0.385 e. The lowest BCUT2D eigenvalue weighted by molar-refractivity contribution is 0.153. The summed E-state index contributed by atoms with van der Waals surface area (Å²) in [6.45, 7) is 8.71. The Morgan fingerprint density at radius 2 is 2.17 bits per heavy atom. The van der Waals surface area contributed by atoms with Crippen LogP contribution in [-0.2, 0) is 6.54 Å². The first kappa shape index (κ1) is 12.8. The van der Waals surface area contributed by atoms with E-state index in [-0.39, 0.29) is 0 Å². The van der Waals surface area contributed by atoms with Gasteiger partial charge in [-0.1, -0.05) is 37.6 Å². The summed E-state index contributed by atoms with van der Waals surface area (Å²) in [4.78, 5) is 4.56. The first-order chi connectivity index (χ1) is 8.63. The van der Waals surface area contributed by atoms with Crippen molar-refractivity contribution in [2.24, 2.45) is 0 Å². The molecule has 1 aromatic carbocycles. The Kier molecular flexibility index (Phi) is 3.82. The zero-order valence-corrected chi connectivity index (χ0v) is 11.1. The highest BCUT2D eigenvalue weighted by Crippen LogP contribution is 2.24. The number of rotatable bonds is 5. The Morgan fingerprint density at radius 1 is 1.44 bits per heavy atom. The Balaban J connectivity index is 2.52. The minimum absolute atomic E-state index is 0.498. The summed E-state index contributed by atoms with van der Waals surface area (Å²) in [6.07, 6.45) is 1.18. The first-order valence-corrected chi connectivity index (χ1v) is 6.41. The zero-order valence-electron chi connectivity index (χ0n) is 11.1. The number of benzene rings is 1. The fourth-order valence-electron chi connectivity index (χ4n) is 2.19. The Hall–Kier alpha value is -1.61. The number of aromatic nitrogens is 2. The molecule has 0 aliphatic carbocycles. The van der Waals surface area contributed by atoms with Gasteiger partial charge in [-0.25, -0.2) is 4.98 Å². The third kappa shape index (κ3) is 2.46. The van der Waals surface area contributed by atoms with Crippen molar-refractivity contribution in [3.63, 3.8) is 0 Å². The third-order valence-corrected chi connectivity index (χ3v) is 2.97. The molecule has 2 aromatic rings. The van der Waals surface area contributed by atoms with Crippen LogP contribution < -0.4 is 0 Å². The molecule has 0 unspecified atom stereocenters. The molecular formula is C15H20N2O. The first-order valence-electron chi connectivity index (χ1n) is 6.41. The molecule has 18 heavy (non-hydrogen) atoms. The molecule has 1 N–H and O–H groups in total. The fourth-order valence-corrected chi connectivity index (χ4v) is 2.19. The Bertz CT molecular complexity index is 557. The molecule has 0 saturated heterocycles. The number of aliphatic hydroxyl groups is 1. The zero-order chi connectivity index (χ0) is 13.1. The summed E-state index contributed by atoms with van der Waals surface area (Å²) in [5.74, 6) is 0.751. The van der Waals surface area contributed by atoms with Crippen LogP contribution in [0.25, 0.3) is 11.0 Å². The van der Waals surface area contributed by atoms with Gasteiger partial charge in [0.2, 0.25) is 0 Å². The summed E-state index contributed by atoms with van der Waals surface area (Å²) in [6, 6.07) is 7.98. The molecular weight excluding hydrogens is 224 g/mol. The van der Waals surface area contributed by atoms with Gasteiger partial charge in [-0.05, 0) is 25.5 Å². The van der Waals surface area contributed by atoms with Crippen LogP contribution >= 0.6 is 0 Å². The third-order valence-electron chi connectivity index (χ3n) is 2.97. The highest BCUT2D eigenvalue weighted by molar-refractivity contribution is 5.76. The van der Waals surface area contributed by atoms with Crippen LogP contribution in [0.5, 0.6) is 0 Å². The SMILES string of the molecule is C=C(C)Cn1c([C@@H](O)CCC)nc2ccccc21. The van der Waals surface area contributed by atoms with Gasteiger partial charge in [0.05, 0.1) is 11.0 Å². The molecule has 1 atom stereocenters. The number of para-hydroxylation sites is 2. The number of hydrogen-bond donors (Lipinski definition) is 1. The van der Waals surface area contributed by atoms with Gasteiger partial charge in [0.15, 0.2) is 0 Å². The number of aliphatic hydroxyl groups excluding tert-OH is 1. The summed E-state index contributed by atoms with van der Waals surface area (Å²) in [7, 11) is 0. The predicted molar refractivity (Wildman–Crippen MR) is 74.4 cm³/mol. The van der Waals surface area contributed by atoms with E-state index >= 15 is 0 Å². The van der Waals surface area contributed by atoms with Crippen LogP contribution in [0.2, 0.25) is 0 Å². The molecule has 3 heteroatoms. The van der Waals surface area contributed by atoms with Crippen molar-refractivity contribution in [1.82, 2.24) is 9.55 Å². The van der Waals surface area contributed by atoms with E-state index in [1.54, 1.807) is 0 Å². The molecule has 3 nitrogen and oxygen atoms in total. The molecule has 0 spiro atoms. The molecule has 0 aliphatic rings. The molecule has 0 fully saturated rings. The molecule has 0 aliphatic heterocycles. The van der Waals surface area contributed by atoms with Gasteiger partial charge in [-0.2, -0.15) is 0 Å². The van der Waals surface area contributed by atoms with E-state index < -0.39 is 6.10 Å². The van der Waals surface area contributed by atoms with Gasteiger partial charge in [0.1, 0.15) is 11.9 Å². The lowest BCUT2D eigenvalue weighted by atomic mass is 10.2. The molecule has 0 radical (unpaired) electrons. The number of fused-ring (bicyclic) bond motifs is 1. The number of hydrogen-bond acceptors (Lipinski definition) is 2. The van der Waals surface area contributed by atoms with Crippen molar-refractivity contribution in [2.45, 2.75) is 39.3 Å². The average Bonchev–Trinajstić information content (AvgIpc) is 2.68. The standard InChI is InChI=1S/C15H20N2O/c1-4-7-14(18)15-16-12-8-5-6-9-13(12)17(15)10-11(2)3/h5-6,8-9,14,18H,2,4,7,10H2,1,3H3/t14-/m0/s1. The maximum absolute atomic E-state index is 10.2. The van der Waals surface area contributed by atoms with E-state index in [1.165, 1.54) is 0 Å². The maximum Gasteiger partial charge on any atom is 0.139 e. The normalized spacial score (nSPS) is 12.8. The van der Waals surface area contributed by atoms with Crippen LogP contribution in [0.3, 0.4) is 0 Å². The second-order valence-electron chi connectivity index (χ2n) is 4.81. The van der Waals surface area contributed by atoms with Crippen LogP contribution in [0, 0.1) is 0 Å². The largest absolute Gasteiger partial charge is 0.385 e. The maximum atomic E-state index is 10.2. The van der Waals surface area contributed by atoms with Crippen molar-refractivity contribution in [3.05, 3.63) is 42.2 Å². The quantitative estimate of drug-likeness (QED) is 0.818. The monoisotopic (exact) mass is 244 g/mol. The number of imidazole rings is 1. The summed E-state index contributed by atoms with van der Waals surface area (Å²) < 4.78 is 2.07. The number of nitrogens with zero attached hydrogens (tertiary/aromatic N) is 2. The van der Waals surface area contributed by atoms with E-state index in [1.807, 2.05) is 31.2 Å². The Morgan fingerprint density at radius 3 is 2.83 bits per heavy atom. The van der Waals surface area contributed by atoms with Crippen molar-refractivity contribution in [3.8, 4) is 0 Å². The summed E-state index contributed by atoms with van der Waals surface area (Å²) >= 11 is 0. The van der Waals surface area contributed by atoms with Crippen molar-refractivity contribution < 1.29 is 5.11 Å². The fraction of sp³-hybridized carbons (Fsp3) is 0.400. The lowest BCUT2D eigenvalue weighted by Gasteiger charge is -2.13. The van der Waals surface area contributed by atoms with E-state index in [4.69, 9.17) is 0 Å². The van der Waals surface area contributed by atoms with E-state index in [9.17, 15) is 5.11 Å². The second-order valence-corrected chi connectivity index (χ2v) is 4.81. The molecule has 0 saturated carbocycles. The van der Waals surface area contributed by atoms with Crippen LogP contribution in [0.1, 0.15) is 38.6 Å². The van der Waals surface area contributed by atoms with Gasteiger partial charge >= 0.3 is 0 Å². The summed E-state index contributed by atoms with van der Waals surface area (Å²) in [5.41, 5.74) is 3.05. The van der Waals surface area contributed by atoms with E-state index in [0.29, 0.717) is 6.54 Å². The average molecular weight is 244 g/mol. The van der Waals surface area contributed by atoms with Crippen LogP contribution in [-0.4, -0.2) is 14.7 Å². The van der Waals surface area contributed by atoms with Crippen LogP contribution in [0.4, 0.5) is 0 Å². The van der Waals surface area contributed by atoms with Gasteiger partial charge < -0.3 is 9.67 Å². The van der Waals surface area contributed by atoms with E-state index in [2.05, 4.69) is 23.1 Å². The van der Waals surface area contributed by atoms with Gasteiger partial charge in [-0.15, -0.1) is 0 Å². The van der Waals surface area contributed by atoms with Crippen molar-refractivity contribution >= 4 is 11.0 Å². The minimum atomic E-state index is -0.498. The highest BCUT2D eigenvalue weighted by atomic mass is 16.3. The molecule has 2 rings (SSSR count). The molecule has 0 bridgehead atoms. The smallest absolute Gasteiger partial charge is 0.139 e. The highest BCUT2D eigenvalue weighted by Gasteiger charge is 2.17. The number of allylic oxidation sites excluding steroid dienone is 1. The second kappa shape index (κ2) is 5.36. The van der Waals surface area contributed by atoms with Crippen LogP contribution in [0.15, 0.2) is 36.4 Å². The van der Waals surface area contributed by atoms with E-state index in [0.717, 1.165) is 35.3 Å². The van der Waals surface area contributed by atoms with Crippen molar-refractivity contribution in [2.75, 3.05) is 0 Å². The van der Waals surface area contributed by atoms with Gasteiger partial charge in [0, 0.05) is 6.54 Å². The lowest BCUT2D eigenvalue weighted by Crippen LogP contribution is -2.09. The molecule has 1 aromatic heterocycles. The van der Waals surface area contributed by atoms with Gasteiger partial charge in [-0.3, -0.25) is 0 Å². The van der Waals surface area contributed by atoms with Gasteiger partial charge in [0.25, 0.3) is 0 Å². The summed E-state index contributed by atoms with van der Waals surface area (Å²) in [5, 5.41) is 10.2. The molecule has 0 amide bonds. The topological polar surface area (TPSA) is 38.0 Å². The Labute approximate surface area is 108 Å². The molecule has 96 valence electrons. The molecule has 1 heterocycles. The predicted octanol–water partition coefficient (Wildman–Crippen LogP) is 3.45.